The smallest absolute Gasteiger partial charge is 0.325 e. The Bertz CT molecular complexity index is 1380. The SMILES string of the molecule is CC1c2ccc(C(=O)NCc3c(F)cc(F)cc3F)cc2N(Cc2cc(OCCCO)ccc2F)C(=O)N1C. The van der Waals surface area contributed by atoms with Crippen LogP contribution in [0.3, 0.4) is 0 Å². The number of urea groups is 1. The van der Waals surface area contributed by atoms with Crippen LogP contribution in [-0.4, -0.2) is 42.2 Å². The van der Waals surface area contributed by atoms with Gasteiger partial charge in [0.05, 0.1) is 24.9 Å². The van der Waals surface area contributed by atoms with Crippen molar-refractivity contribution in [1.29, 1.82) is 0 Å². The van der Waals surface area contributed by atoms with Crippen molar-refractivity contribution in [2.75, 3.05) is 25.2 Å². The van der Waals surface area contributed by atoms with Crippen molar-refractivity contribution >= 4 is 17.6 Å². The first kappa shape index (κ1) is 27.9. The van der Waals surface area contributed by atoms with E-state index in [0.29, 0.717) is 35.6 Å². The van der Waals surface area contributed by atoms with Gasteiger partial charge in [-0.05, 0) is 42.8 Å². The molecule has 3 aromatic rings. The van der Waals surface area contributed by atoms with Gasteiger partial charge in [0.15, 0.2) is 0 Å². The van der Waals surface area contributed by atoms with E-state index in [2.05, 4.69) is 5.32 Å². The molecule has 4 rings (SSSR count). The second-order valence-corrected chi connectivity index (χ2v) is 9.14. The topological polar surface area (TPSA) is 82.1 Å². The molecule has 2 N–H and O–H groups in total. The molecular formula is C28H27F4N3O4. The first-order chi connectivity index (χ1) is 18.6. The van der Waals surface area contributed by atoms with E-state index >= 15 is 0 Å². The summed E-state index contributed by atoms with van der Waals surface area (Å²) in [6.45, 7) is 1.30. The van der Waals surface area contributed by atoms with E-state index in [-0.39, 0.29) is 36.9 Å². The minimum atomic E-state index is -1.13. The highest BCUT2D eigenvalue weighted by atomic mass is 19.1. The summed E-state index contributed by atoms with van der Waals surface area (Å²) in [5.74, 6) is -4.19. The van der Waals surface area contributed by atoms with E-state index in [4.69, 9.17) is 9.84 Å². The molecule has 0 fully saturated rings. The molecule has 0 aliphatic carbocycles. The lowest BCUT2D eigenvalue weighted by Crippen LogP contribution is -2.46. The zero-order valence-electron chi connectivity index (χ0n) is 21.3. The van der Waals surface area contributed by atoms with E-state index in [9.17, 15) is 27.2 Å². The number of carbonyl (C=O) groups excluding carboxylic acids is 2. The first-order valence-corrected chi connectivity index (χ1v) is 12.2. The maximum absolute atomic E-state index is 14.8. The summed E-state index contributed by atoms with van der Waals surface area (Å²) in [5, 5.41) is 11.4. The highest BCUT2D eigenvalue weighted by molar-refractivity contribution is 5.99. The number of nitrogens with one attached hydrogen (secondary N) is 1. The van der Waals surface area contributed by atoms with Crippen molar-refractivity contribution in [3.05, 3.63) is 94.1 Å². The molecule has 1 heterocycles. The van der Waals surface area contributed by atoms with Crippen LogP contribution in [-0.2, 0) is 13.1 Å². The zero-order chi connectivity index (χ0) is 28.3. The summed E-state index contributed by atoms with van der Waals surface area (Å²) in [4.78, 5) is 29.0. The number of carbonyl (C=O) groups is 2. The van der Waals surface area contributed by atoms with Gasteiger partial charge < -0.3 is 20.1 Å². The molecule has 0 bridgehead atoms. The summed E-state index contributed by atoms with van der Waals surface area (Å²) in [5.41, 5.74) is 0.874. The summed E-state index contributed by atoms with van der Waals surface area (Å²) in [6.07, 6.45) is 0.401. The average molecular weight is 546 g/mol. The maximum Gasteiger partial charge on any atom is 0.325 e. The summed E-state index contributed by atoms with van der Waals surface area (Å²) < 4.78 is 61.5. The number of fused-ring (bicyclic) bond motifs is 1. The van der Waals surface area contributed by atoms with Crippen LogP contribution in [0.4, 0.5) is 28.0 Å². The highest BCUT2D eigenvalue weighted by Gasteiger charge is 2.34. The minimum absolute atomic E-state index is 0.0542. The quantitative estimate of drug-likeness (QED) is 0.291. The van der Waals surface area contributed by atoms with Crippen molar-refractivity contribution in [2.45, 2.75) is 32.5 Å². The Balaban J connectivity index is 1.61. The third kappa shape index (κ3) is 5.98. The molecule has 1 aliphatic rings. The highest BCUT2D eigenvalue weighted by Crippen LogP contribution is 2.37. The van der Waals surface area contributed by atoms with Gasteiger partial charge >= 0.3 is 6.03 Å². The Morgan fingerprint density at radius 2 is 1.74 bits per heavy atom. The maximum atomic E-state index is 14.8. The number of nitrogens with zero attached hydrogens (tertiary/aromatic N) is 2. The number of hydrogen-bond acceptors (Lipinski definition) is 4. The van der Waals surface area contributed by atoms with Crippen molar-refractivity contribution in [3.8, 4) is 5.75 Å². The number of hydrogen-bond donors (Lipinski definition) is 2. The zero-order valence-corrected chi connectivity index (χ0v) is 21.3. The monoisotopic (exact) mass is 545 g/mol. The van der Waals surface area contributed by atoms with E-state index in [1.165, 1.54) is 40.1 Å². The van der Waals surface area contributed by atoms with Gasteiger partial charge in [-0.2, -0.15) is 0 Å². The Labute approximate surface area is 222 Å². The molecule has 3 aromatic carbocycles. The molecule has 0 saturated heterocycles. The third-order valence-corrected chi connectivity index (χ3v) is 6.60. The molecule has 1 atom stereocenters. The van der Waals surface area contributed by atoms with Crippen LogP contribution < -0.4 is 15.0 Å². The Hall–Kier alpha value is -4.12. The summed E-state index contributed by atoms with van der Waals surface area (Å²) >= 11 is 0. The van der Waals surface area contributed by atoms with E-state index in [0.717, 1.165) is 0 Å². The van der Waals surface area contributed by atoms with Gasteiger partial charge in [-0.15, -0.1) is 0 Å². The minimum Gasteiger partial charge on any atom is -0.493 e. The fraction of sp³-hybridized carbons (Fsp3) is 0.286. The van der Waals surface area contributed by atoms with Gasteiger partial charge in [-0.3, -0.25) is 9.69 Å². The third-order valence-electron chi connectivity index (χ3n) is 6.60. The molecule has 1 aliphatic heterocycles. The van der Waals surface area contributed by atoms with E-state index < -0.39 is 47.3 Å². The normalized spacial score (nSPS) is 14.8. The molecule has 206 valence electrons. The Morgan fingerprint density at radius 3 is 2.44 bits per heavy atom. The number of rotatable bonds is 9. The summed E-state index contributed by atoms with van der Waals surface area (Å²) in [6, 6.07) is 9.06. The molecule has 11 heteroatoms. The van der Waals surface area contributed by atoms with E-state index in [1.54, 1.807) is 13.1 Å². The van der Waals surface area contributed by atoms with Crippen LogP contribution >= 0.6 is 0 Å². The molecule has 0 saturated carbocycles. The van der Waals surface area contributed by atoms with Crippen LogP contribution in [0, 0.1) is 23.3 Å². The number of benzene rings is 3. The van der Waals surface area contributed by atoms with Crippen LogP contribution in [0.2, 0.25) is 0 Å². The molecule has 39 heavy (non-hydrogen) atoms. The standard InChI is InChI=1S/C28H27F4N3O4/c1-16-21-6-4-17(27(37)33-14-22-24(31)12-19(29)13-25(22)32)11-26(21)35(28(38)34(16)2)15-18-10-20(5-7-23(18)30)39-9-3-8-36/h4-7,10-13,16,36H,3,8-9,14-15H2,1-2H3,(H,33,37). The van der Waals surface area contributed by atoms with Crippen molar-refractivity contribution in [3.63, 3.8) is 0 Å². The molecule has 0 aromatic heterocycles. The fourth-order valence-corrected chi connectivity index (χ4v) is 4.29. The molecule has 0 spiro atoms. The van der Waals surface area contributed by atoms with Crippen LogP contribution in [0.25, 0.3) is 0 Å². The fourth-order valence-electron chi connectivity index (χ4n) is 4.29. The Kier molecular flexibility index (Phi) is 8.39. The number of anilines is 1. The summed E-state index contributed by atoms with van der Waals surface area (Å²) in [7, 11) is 1.61. The average Bonchev–Trinajstić information content (AvgIpc) is 2.90. The second-order valence-electron chi connectivity index (χ2n) is 9.14. The number of amides is 3. The van der Waals surface area contributed by atoms with Crippen molar-refractivity contribution < 1.29 is 37.0 Å². The molecule has 3 amide bonds. The number of aliphatic hydroxyl groups excluding tert-OH is 1. The molecule has 0 radical (unpaired) electrons. The van der Waals surface area contributed by atoms with Crippen LogP contribution in [0.15, 0.2) is 48.5 Å². The predicted octanol–water partition coefficient (Wildman–Crippen LogP) is 5.07. The lowest BCUT2D eigenvalue weighted by molar-refractivity contribution is 0.0950. The molecular weight excluding hydrogens is 518 g/mol. The van der Waals surface area contributed by atoms with Gasteiger partial charge in [-0.25, -0.2) is 22.4 Å². The van der Waals surface area contributed by atoms with Gasteiger partial charge in [0.1, 0.15) is 29.0 Å². The lowest BCUT2D eigenvalue weighted by Gasteiger charge is -2.39. The molecule has 7 nitrogen and oxygen atoms in total. The van der Waals surface area contributed by atoms with E-state index in [1.807, 2.05) is 6.92 Å². The van der Waals surface area contributed by atoms with Crippen molar-refractivity contribution in [1.82, 2.24) is 10.2 Å². The van der Waals surface area contributed by atoms with Crippen LogP contribution in [0.1, 0.15) is 46.4 Å². The van der Waals surface area contributed by atoms with Gasteiger partial charge in [0.25, 0.3) is 5.91 Å². The number of ether oxygens (including phenoxy) is 1. The largest absolute Gasteiger partial charge is 0.493 e. The van der Waals surface area contributed by atoms with Gasteiger partial charge in [0.2, 0.25) is 0 Å². The number of aliphatic hydroxyl groups is 1. The predicted molar refractivity (Wildman–Crippen MR) is 135 cm³/mol. The Morgan fingerprint density at radius 1 is 1.03 bits per heavy atom. The first-order valence-electron chi connectivity index (χ1n) is 12.2. The molecule has 1 unspecified atom stereocenters. The second kappa shape index (κ2) is 11.7. The van der Waals surface area contributed by atoms with Crippen LogP contribution in [0.5, 0.6) is 5.75 Å². The lowest BCUT2D eigenvalue weighted by atomic mass is 9.98. The van der Waals surface area contributed by atoms with Gasteiger partial charge in [-0.1, -0.05) is 6.07 Å². The van der Waals surface area contributed by atoms with Crippen molar-refractivity contribution in [2.24, 2.45) is 0 Å². The number of halogens is 4. The van der Waals surface area contributed by atoms with Gasteiger partial charge in [0, 0.05) is 55.4 Å².